The molecule has 0 bridgehead atoms. The van der Waals surface area contributed by atoms with Gasteiger partial charge in [-0.1, -0.05) is 66.7 Å². The van der Waals surface area contributed by atoms with Crippen LogP contribution in [0.25, 0.3) is 0 Å². The molecule has 3 atom stereocenters. The summed E-state index contributed by atoms with van der Waals surface area (Å²) in [6.07, 6.45) is 2.66. The third-order valence-electron chi connectivity index (χ3n) is 4.88. The molecule has 1 fully saturated rings. The molecule has 0 N–H and O–H groups in total. The van der Waals surface area contributed by atoms with E-state index in [1.807, 2.05) is 60.7 Å². The zero-order valence-electron chi connectivity index (χ0n) is 13.5. The molecule has 2 aromatic rings. The Balaban J connectivity index is 1.85. The lowest BCUT2D eigenvalue weighted by molar-refractivity contribution is -0.534. The molecule has 1 saturated heterocycles. The summed E-state index contributed by atoms with van der Waals surface area (Å²) in [5, 5.41) is 11.8. The topological polar surface area (TPSA) is 52.4 Å². The highest BCUT2D eigenvalue weighted by atomic mass is 16.6. The van der Waals surface area contributed by atoms with Crippen LogP contribution in [-0.2, 0) is 16.6 Å². The predicted octanol–water partition coefficient (Wildman–Crippen LogP) is 3.79. The first-order chi connectivity index (χ1) is 11.7. The number of nitrogens with zero attached hydrogens (tertiary/aromatic N) is 1. The van der Waals surface area contributed by atoms with Crippen molar-refractivity contribution < 1.29 is 9.66 Å². The van der Waals surface area contributed by atoms with Crippen LogP contribution in [0, 0.1) is 10.1 Å². The fourth-order valence-electron chi connectivity index (χ4n) is 3.57. The Morgan fingerprint density at radius 2 is 1.79 bits per heavy atom. The van der Waals surface area contributed by atoms with E-state index in [0.29, 0.717) is 13.0 Å². The summed E-state index contributed by atoms with van der Waals surface area (Å²) < 4.78 is 5.90. The molecule has 4 heteroatoms. The number of rotatable bonds is 6. The van der Waals surface area contributed by atoms with Crippen molar-refractivity contribution in [3.05, 3.63) is 94.6 Å². The quantitative estimate of drug-likeness (QED) is 0.462. The SMILES string of the molecule is C=C[C@]1(c2ccccc2)CO[C@@H](CCc2ccccc2)[C@@H]1[N+](=O)[O-]. The molecule has 124 valence electrons. The van der Waals surface area contributed by atoms with Gasteiger partial charge in [-0.15, -0.1) is 6.58 Å². The van der Waals surface area contributed by atoms with Crippen molar-refractivity contribution in [1.82, 2.24) is 0 Å². The fourth-order valence-corrected chi connectivity index (χ4v) is 3.57. The Morgan fingerprint density at radius 3 is 2.38 bits per heavy atom. The van der Waals surface area contributed by atoms with Crippen LogP contribution in [0.1, 0.15) is 17.5 Å². The van der Waals surface area contributed by atoms with E-state index < -0.39 is 17.6 Å². The highest BCUT2D eigenvalue weighted by Gasteiger charge is 2.56. The van der Waals surface area contributed by atoms with Crippen molar-refractivity contribution in [2.75, 3.05) is 6.61 Å². The first kappa shape index (κ1) is 16.4. The number of benzene rings is 2. The van der Waals surface area contributed by atoms with E-state index >= 15 is 0 Å². The lowest BCUT2D eigenvalue weighted by Gasteiger charge is -2.26. The molecular weight excluding hydrogens is 302 g/mol. The van der Waals surface area contributed by atoms with Crippen LogP contribution >= 0.6 is 0 Å². The summed E-state index contributed by atoms with van der Waals surface area (Å²) in [5.74, 6) is 0. The van der Waals surface area contributed by atoms with Crippen LogP contribution in [0.2, 0.25) is 0 Å². The molecule has 0 unspecified atom stereocenters. The summed E-state index contributed by atoms with van der Waals surface area (Å²) >= 11 is 0. The smallest absolute Gasteiger partial charge is 0.253 e. The predicted molar refractivity (Wildman–Crippen MR) is 93.6 cm³/mol. The fraction of sp³-hybridized carbons (Fsp3) is 0.300. The van der Waals surface area contributed by atoms with Gasteiger partial charge in [-0.05, 0) is 24.0 Å². The van der Waals surface area contributed by atoms with E-state index in [-0.39, 0.29) is 4.92 Å². The molecule has 2 aromatic carbocycles. The van der Waals surface area contributed by atoms with E-state index in [2.05, 4.69) is 6.58 Å². The number of nitro groups is 1. The number of aryl methyl sites for hydroxylation is 1. The van der Waals surface area contributed by atoms with Gasteiger partial charge in [0.1, 0.15) is 11.5 Å². The van der Waals surface area contributed by atoms with Crippen molar-refractivity contribution in [3.63, 3.8) is 0 Å². The summed E-state index contributed by atoms with van der Waals surface area (Å²) in [5.41, 5.74) is 1.29. The Labute approximate surface area is 141 Å². The van der Waals surface area contributed by atoms with Crippen molar-refractivity contribution in [1.29, 1.82) is 0 Å². The standard InChI is InChI=1S/C20H21NO3/c1-2-20(17-11-7-4-8-12-17)15-24-18(19(20)21(22)23)14-13-16-9-5-3-6-10-16/h2-12,18-19H,1,13-15H2/t18-,19-,20+/m0/s1. The zero-order valence-corrected chi connectivity index (χ0v) is 13.5. The minimum atomic E-state index is -0.818. The molecule has 0 saturated carbocycles. The highest BCUT2D eigenvalue weighted by molar-refractivity contribution is 5.35. The van der Waals surface area contributed by atoms with Gasteiger partial charge in [0.05, 0.1) is 6.61 Å². The lowest BCUT2D eigenvalue weighted by Crippen LogP contribution is -2.45. The molecule has 24 heavy (non-hydrogen) atoms. The molecule has 0 aliphatic carbocycles. The Morgan fingerprint density at radius 1 is 1.17 bits per heavy atom. The largest absolute Gasteiger partial charge is 0.369 e. The minimum Gasteiger partial charge on any atom is -0.369 e. The highest BCUT2D eigenvalue weighted by Crippen LogP contribution is 2.40. The molecule has 1 heterocycles. The van der Waals surface area contributed by atoms with Gasteiger partial charge in [0.2, 0.25) is 0 Å². The van der Waals surface area contributed by atoms with Crippen LogP contribution in [0.4, 0.5) is 0 Å². The number of hydrogen-bond donors (Lipinski definition) is 0. The summed E-state index contributed by atoms with van der Waals surface area (Å²) in [6, 6.07) is 18.7. The van der Waals surface area contributed by atoms with Crippen molar-refractivity contribution >= 4 is 0 Å². The van der Waals surface area contributed by atoms with E-state index in [1.165, 1.54) is 5.56 Å². The van der Waals surface area contributed by atoms with Crippen LogP contribution in [0.5, 0.6) is 0 Å². The van der Waals surface area contributed by atoms with Gasteiger partial charge >= 0.3 is 0 Å². The number of hydrogen-bond acceptors (Lipinski definition) is 3. The number of ether oxygens (including phenoxy) is 1. The Kier molecular flexibility index (Phi) is 4.76. The molecule has 1 aliphatic rings. The van der Waals surface area contributed by atoms with Gasteiger partial charge in [0.15, 0.2) is 0 Å². The molecule has 3 rings (SSSR count). The van der Waals surface area contributed by atoms with Gasteiger partial charge in [-0.2, -0.15) is 0 Å². The van der Waals surface area contributed by atoms with Crippen LogP contribution in [0.3, 0.4) is 0 Å². The Bertz CT molecular complexity index is 701. The second-order valence-corrected chi connectivity index (χ2v) is 6.21. The van der Waals surface area contributed by atoms with Gasteiger partial charge in [0.25, 0.3) is 6.04 Å². The van der Waals surface area contributed by atoms with Crippen molar-refractivity contribution in [2.24, 2.45) is 0 Å². The normalized spacial score (nSPS) is 26.2. The van der Waals surface area contributed by atoms with Gasteiger partial charge in [0, 0.05) is 4.92 Å². The van der Waals surface area contributed by atoms with E-state index in [9.17, 15) is 10.1 Å². The first-order valence-electron chi connectivity index (χ1n) is 8.15. The minimum absolute atomic E-state index is 0.197. The van der Waals surface area contributed by atoms with Crippen molar-refractivity contribution in [2.45, 2.75) is 30.4 Å². The van der Waals surface area contributed by atoms with Gasteiger partial charge in [-0.3, -0.25) is 10.1 Å². The third-order valence-corrected chi connectivity index (χ3v) is 4.88. The van der Waals surface area contributed by atoms with Gasteiger partial charge in [-0.25, -0.2) is 0 Å². The summed E-state index contributed by atoms with van der Waals surface area (Å²) in [6.45, 7) is 4.19. The molecule has 0 aromatic heterocycles. The average Bonchev–Trinajstić information content (AvgIpc) is 3.01. The second kappa shape index (κ2) is 6.97. The van der Waals surface area contributed by atoms with Gasteiger partial charge < -0.3 is 4.74 Å². The van der Waals surface area contributed by atoms with Crippen LogP contribution in [0.15, 0.2) is 73.3 Å². The van der Waals surface area contributed by atoms with E-state index in [0.717, 1.165) is 12.0 Å². The summed E-state index contributed by atoms with van der Waals surface area (Å²) in [4.78, 5) is 11.7. The maximum absolute atomic E-state index is 11.8. The third kappa shape index (κ3) is 2.97. The molecule has 1 aliphatic heterocycles. The van der Waals surface area contributed by atoms with Crippen LogP contribution in [-0.4, -0.2) is 23.7 Å². The average molecular weight is 323 g/mol. The Hall–Kier alpha value is -2.46. The second-order valence-electron chi connectivity index (χ2n) is 6.21. The van der Waals surface area contributed by atoms with E-state index in [1.54, 1.807) is 6.08 Å². The first-order valence-corrected chi connectivity index (χ1v) is 8.15. The van der Waals surface area contributed by atoms with Crippen LogP contribution < -0.4 is 0 Å². The summed E-state index contributed by atoms with van der Waals surface area (Å²) in [7, 11) is 0. The lowest BCUT2D eigenvalue weighted by atomic mass is 9.74. The maximum Gasteiger partial charge on any atom is 0.253 e. The molecule has 0 spiro atoms. The molecule has 4 nitrogen and oxygen atoms in total. The zero-order chi connectivity index (χ0) is 17.0. The molecule has 0 amide bonds. The maximum atomic E-state index is 11.8. The monoisotopic (exact) mass is 323 g/mol. The van der Waals surface area contributed by atoms with Crippen molar-refractivity contribution in [3.8, 4) is 0 Å². The molecular formula is C20H21NO3. The molecule has 0 radical (unpaired) electrons. The van der Waals surface area contributed by atoms with E-state index in [4.69, 9.17) is 4.74 Å².